The van der Waals surface area contributed by atoms with Gasteiger partial charge >= 0.3 is 0 Å². The van der Waals surface area contributed by atoms with E-state index in [2.05, 4.69) is 43.5 Å². The first kappa shape index (κ1) is 46.4. The van der Waals surface area contributed by atoms with Crippen molar-refractivity contribution in [2.75, 3.05) is 13.2 Å². The van der Waals surface area contributed by atoms with Gasteiger partial charge < -0.3 is 40.3 Å². The second-order valence-corrected chi connectivity index (χ2v) is 14.1. The van der Waals surface area contributed by atoms with E-state index < -0.39 is 49.5 Å². The predicted octanol–water partition coefficient (Wildman–Crippen LogP) is 7.33. The van der Waals surface area contributed by atoms with Crippen molar-refractivity contribution < 1.29 is 39.8 Å². The average molecular weight is 710 g/mol. The van der Waals surface area contributed by atoms with Gasteiger partial charge in [-0.1, -0.05) is 134 Å². The third-order valence-corrected chi connectivity index (χ3v) is 9.44. The Balaban J connectivity index is 2.48. The van der Waals surface area contributed by atoms with E-state index >= 15 is 0 Å². The number of rotatable bonds is 32. The van der Waals surface area contributed by atoms with Crippen molar-refractivity contribution >= 4 is 5.91 Å². The standard InChI is InChI=1S/C41H75NO8/c1-3-5-7-9-11-13-15-17-19-20-22-24-26-28-30-35(44)34(33-49-41-40(48)39(47)38(46)36(32-43)50-41)42-37(45)31-29-27-25-23-21-18-16-14-12-10-8-6-4-2/h18,20-22,28,30,34-36,38-41,43-44,46-48H,3-17,19,23-27,29,31-33H2,1-2H3,(H,42,45)/b21-18-,22-20+,30-28+. The highest BCUT2D eigenvalue weighted by atomic mass is 16.7. The number of aliphatic hydroxyl groups excluding tert-OH is 5. The van der Waals surface area contributed by atoms with Crippen LogP contribution in [0.4, 0.5) is 0 Å². The Kier molecular flexibility index (Phi) is 29.8. The highest BCUT2D eigenvalue weighted by molar-refractivity contribution is 5.76. The molecule has 1 aliphatic rings. The summed E-state index contributed by atoms with van der Waals surface area (Å²) in [5.41, 5.74) is 0. The minimum absolute atomic E-state index is 0.206. The normalized spacial score (nSPS) is 22.6. The topological polar surface area (TPSA) is 149 Å². The highest BCUT2D eigenvalue weighted by Crippen LogP contribution is 2.22. The van der Waals surface area contributed by atoms with Crippen LogP contribution in [0.5, 0.6) is 0 Å². The van der Waals surface area contributed by atoms with Crippen LogP contribution in [0.15, 0.2) is 36.5 Å². The molecule has 1 heterocycles. The Hall–Kier alpha value is -1.59. The molecule has 6 N–H and O–H groups in total. The Morgan fingerprint density at radius 2 is 1.14 bits per heavy atom. The number of aliphatic hydroxyl groups is 5. The first-order valence-corrected chi connectivity index (χ1v) is 20.2. The summed E-state index contributed by atoms with van der Waals surface area (Å²) in [6.45, 7) is 3.70. The second kappa shape index (κ2) is 32.1. The van der Waals surface area contributed by atoms with Gasteiger partial charge in [-0.05, 0) is 57.8 Å². The smallest absolute Gasteiger partial charge is 0.220 e. The molecule has 0 radical (unpaired) electrons. The van der Waals surface area contributed by atoms with Crippen molar-refractivity contribution in [2.24, 2.45) is 0 Å². The molecule has 7 unspecified atom stereocenters. The number of hydrogen-bond donors (Lipinski definition) is 6. The zero-order valence-electron chi connectivity index (χ0n) is 31.6. The quantitative estimate of drug-likeness (QED) is 0.0314. The first-order chi connectivity index (χ1) is 24.3. The van der Waals surface area contributed by atoms with Crippen molar-refractivity contribution in [3.63, 3.8) is 0 Å². The van der Waals surface area contributed by atoms with E-state index in [9.17, 15) is 30.3 Å². The fraction of sp³-hybridized carbons (Fsp3) is 0.829. The number of carbonyl (C=O) groups is 1. The lowest BCUT2D eigenvalue weighted by molar-refractivity contribution is -0.302. The molecular weight excluding hydrogens is 634 g/mol. The van der Waals surface area contributed by atoms with Crippen LogP contribution < -0.4 is 5.32 Å². The summed E-state index contributed by atoms with van der Waals surface area (Å²) < 4.78 is 11.1. The molecule has 0 saturated carbocycles. The maximum absolute atomic E-state index is 12.9. The lowest BCUT2D eigenvalue weighted by Gasteiger charge is -2.40. The van der Waals surface area contributed by atoms with E-state index in [4.69, 9.17) is 9.47 Å². The Morgan fingerprint density at radius 1 is 0.660 bits per heavy atom. The molecule has 1 saturated heterocycles. The molecule has 50 heavy (non-hydrogen) atoms. The van der Waals surface area contributed by atoms with Crippen molar-refractivity contribution in [1.82, 2.24) is 5.32 Å². The Morgan fingerprint density at radius 3 is 1.68 bits per heavy atom. The summed E-state index contributed by atoms with van der Waals surface area (Å²) in [4.78, 5) is 12.9. The lowest BCUT2D eigenvalue weighted by atomic mass is 9.99. The molecule has 7 atom stereocenters. The third-order valence-electron chi connectivity index (χ3n) is 9.44. The van der Waals surface area contributed by atoms with Gasteiger partial charge in [0.15, 0.2) is 6.29 Å². The number of hydrogen-bond acceptors (Lipinski definition) is 8. The number of carbonyl (C=O) groups excluding carboxylic acids is 1. The Labute approximate surface area is 304 Å². The molecule has 0 aromatic heterocycles. The molecule has 9 heteroatoms. The summed E-state index contributed by atoms with van der Waals surface area (Å²) in [7, 11) is 0. The van der Waals surface area contributed by atoms with Crippen LogP contribution in [-0.4, -0.2) is 87.5 Å². The van der Waals surface area contributed by atoms with Crippen LogP contribution in [-0.2, 0) is 14.3 Å². The molecule has 0 aromatic rings. The zero-order chi connectivity index (χ0) is 36.7. The van der Waals surface area contributed by atoms with Gasteiger partial charge in [0.1, 0.15) is 24.4 Å². The van der Waals surface area contributed by atoms with Gasteiger partial charge in [0, 0.05) is 6.42 Å². The molecule has 1 rings (SSSR count). The monoisotopic (exact) mass is 710 g/mol. The molecule has 0 aliphatic carbocycles. The minimum atomic E-state index is -1.57. The number of amides is 1. The SMILES string of the molecule is CCCCCCCC/C=C\CCCCCC(=O)NC(COC1OC(CO)C(O)C(O)C1O)C(O)/C=C/CC/C=C/CCCCCCCCCC. The average Bonchev–Trinajstić information content (AvgIpc) is 3.11. The van der Waals surface area contributed by atoms with Crippen molar-refractivity contribution in [3.8, 4) is 0 Å². The minimum Gasteiger partial charge on any atom is -0.394 e. The van der Waals surface area contributed by atoms with Crippen molar-refractivity contribution in [3.05, 3.63) is 36.5 Å². The van der Waals surface area contributed by atoms with E-state index in [0.717, 1.165) is 51.4 Å². The van der Waals surface area contributed by atoms with Crippen LogP contribution >= 0.6 is 0 Å². The molecule has 0 bridgehead atoms. The van der Waals surface area contributed by atoms with Crippen LogP contribution in [0.1, 0.15) is 162 Å². The Bertz CT molecular complexity index is 879. The summed E-state index contributed by atoms with van der Waals surface area (Å²) in [6, 6.07) is -0.825. The van der Waals surface area contributed by atoms with Crippen LogP contribution in [0.3, 0.4) is 0 Å². The number of nitrogens with one attached hydrogen (secondary N) is 1. The van der Waals surface area contributed by atoms with E-state index in [0.29, 0.717) is 6.42 Å². The number of ether oxygens (including phenoxy) is 2. The fourth-order valence-corrected chi connectivity index (χ4v) is 6.10. The largest absolute Gasteiger partial charge is 0.394 e. The summed E-state index contributed by atoms with van der Waals surface area (Å²) in [5.74, 6) is -0.206. The van der Waals surface area contributed by atoms with Crippen molar-refractivity contribution in [2.45, 2.75) is 204 Å². The first-order valence-electron chi connectivity index (χ1n) is 20.2. The van der Waals surface area contributed by atoms with Gasteiger partial charge in [-0.25, -0.2) is 0 Å². The van der Waals surface area contributed by atoms with Gasteiger partial charge in [-0.2, -0.15) is 0 Å². The van der Waals surface area contributed by atoms with Gasteiger partial charge in [-0.15, -0.1) is 0 Å². The molecular formula is C41H75NO8. The maximum Gasteiger partial charge on any atom is 0.220 e. The van der Waals surface area contributed by atoms with E-state index in [-0.39, 0.29) is 12.5 Å². The molecule has 1 aliphatic heterocycles. The van der Waals surface area contributed by atoms with Crippen LogP contribution in [0, 0.1) is 0 Å². The molecule has 1 fully saturated rings. The third kappa shape index (κ3) is 23.1. The predicted molar refractivity (Wildman–Crippen MR) is 203 cm³/mol. The molecule has 9 nitrogen and oxygen atoms in total. The number of allylic oxidation sites excluding steroid dienone is 5. The van der Waals surface area contributed by atoms with E-state index in [1.54, 1.807) is 6.08 Å². The molecule has 0 aromatic carbocycles. The maximum atomic E-state index is 12.9. The molecule has 292 valence electrons. The summed E-state index contributed by atoms with van der Waals surface area (Å²) in [5, 5.41) is 53.9. The summed E-state index contributed by atoms with van der Waals surface area (Å²) in [6.07, 6.45) is 30.4. The van der Waals surface area contributed by atoms with E-state index in [1.165, 1.54) is 89.9 Å². The molecule has 0 spiro atoms. The fourth-order valence-electron chi connectivity index (χ4n) is 6.10. The zero-order valence-corrected chi connectivity index (χ0v) is 31.6. The summed E-state index contributed by atoms with van der Waals surface area (Å²) >= 11 is 0. The van der Waals surface area contributed by atoms with Crippen molar-refractivity contribution in [1.29, 1.82) is 0 Å². The molecule has 1 amide bonds. The lowest BCUT2D eigenvalue weighted by Crippen LogP contribution is -2.60. The van der Waals surface area contributed by atoms with E-state index in [1.807, 2.05) is 6.08 Å². The van der Waals surface area contributed by atoms with Crippen LogP contribution in [0.2, 0.25) is 0 Å². The van der Waals surface area contributed by atoms with Gasteiger partial charge in [0.2, 0.25) is 5.91 Å². The number of unbranched alkanes of at least 4 members (excludes halogenated alkanes) is 18. The van der Waals surface area contributed by atoms with Gasteiger partial charge in [0.05, 0.1) is 25.4 Å². The van der Waals surface area contributed by atoms with Gasteiger partial charge in [-0.3, -0.25) is 4.79 Å². The second-order valence-electron chi connectivity index (χ2n) is 14.1. The van der Waals surface area contributed by atoms with Gasteiger partial charge in [0.25, 0.3) is 0 Å². The highest BCUT2D eigenvalue weighted by Gasteiger charge is 2.44. The van der Waals surface area contributed by atoms with Crippen LogP contribution in [0.25, 0.3) is 0 Å².